The van der Waals surface area contributed by atoms with Gasteiger partial charge in [0.25, 0.3) is 0 Å². The number of carbonyl (C=O) groups is 1. The minimum atomic E-state index is -5.63. The van der Waals surface area contributed by atoms with Gasteiger partial charge in [0.1, 0.15) is 6.61 Å². The normalized spacial score (nSPS) is 12.8. The summed E-state index contributed by atoms with van der Waals surface area (Å²) in [5.41, 5.74) is -0.0451. The average molecular weight is 365 g/mol. The van der Waals surface area contributed by atoms with Crippen LogP contribution in [-0.4, -0.2) is 30.8 Å². The lowest BCUT2D eigenvalue weighted by atomic mass is 10.1. The van der Waals surface area contributed by atoms with E-state index in [0.29, 0.717) is 4.47 Å². The molecule has 0 spiro atoms. The van der Waals surface area contributed by atoms with Crippen LogP contribution in [0.15, 0.2) is 28.7 Å². The quantitative estimate of drug-likeness (QED) is 0.592. The van der Waals surface area contributed by atoms with Crippen molar-refractivity contribution in [3.05, 3.63) is 34.3 Å². The van der Waals surface area contributed by atoms with Gasteiger partial charge in [-0.15, -0.1) is 0 Å². The molecule has 0 aliphatic rings. The maximum atomic E-state index is 12.2. The minimum Gasteiger partial charge on any atom is -0.353 e. The smallest absolute Gasteiger partial charge is 0.353 e. The summed E-state index contributed by atoms with van der Waals surface area (Å²) in [7, 11) is 0. The number of ether oxygens (including phenoxy) is 1. The van der Waals surface area contributed by atoms with Gasteiger partial charge in [-0.1, -0.05) is 28.1 Å². The summed E-state index contributed by atoms with van der Waals surface area (Å²) in [6, 6.07) is 5.37. The predicted molar refractivity (Wildman–Crippen MR) is 60.3 cm³/mol. The van der Waals surface area contributed by atoms with Crippen molar-refractivity contribution in [3.8, 4) is 0 Å². The first-order valence-electron chi connectivity index (χ1n) is 5.05. The molecule has 0 fully saturated rings. The van der Waals surface area contributed by atoms with Gasteiger partial charge >= 0.3 is 12.4 Å². The van der Waals surface area contributed by atoms with Crippen molar-refractivity contribution in [2.75, 3.05) is 6.61 Å². The fourth-order valence-corrected chi connectivity index (χ4v) is 1.52. The molecule has 0 aliphatic carbocycles. The number of benzene rings is 1. The van der Waals surface area contributed by atoms with Crippen molar-refractivity contribution >= 4 is 21.7 Å². The lowest BCUT2D eigenvalue weighted by Gasteiger charge is -2.22. The molecule has 0 amide bonds. The van der Waals surface area contributed by atoms with Crippen LogP contribution in [0.2, 0.25) is 0 Å². The zero-order valence-corrected chi connectivity index (χ0v) is 11.1. The molecule has 20 heavy (non-hydrogen) atoms. The van der Waals surface area contributed by atoms with Crippen molar-refractivity contribution in [3.63, 3.8) is 0 Å². The molecule has 9 heteroatoms. The third kappa shape index (κ3) is 4.78. The van der Waals surface area contributed by atoms with E-state index in [1.807, 2.05) is 0 Å². The number of ketones is 1. The zero-order valence-electron chi connectivity index (χ0n) is 9.56. The first-order chi connectivity index (χ1) is 9.01. The van der Waals surface area contributed by atoms with Crippen LogP contribution in [0.25, 0.3) is 0 Å². The summed E-state index contributed by atoms with van der Waals surface area (Å²) in [6.45, 7) is -1.31. The molecular weight excluding hydrogens is 358 g/mol. The molecule has 1 aromatic rings. The molecule has 0 aliphatic heterocycles. The summed E-state index contributed by atoms with van der Waals surface area (Å²) >= 11 is 3.07. The van der Waals surface area contributed by atoms with E-state index in [9.17, 15) is 31.1 Å². The summed E-state index contributed by atoms with van der Waals surface area (Å²) in [6.07, 6.45) is -15.2. The lowest BCUT2D eigenvalue weighted by Crippen LogP contribution is -2.45. The summed E-state index contributed by atoms with van der Waals surface area (Å²) in [5.74, 6) is -0.976. The van der Waals surface area contributed by atoms with Crippen LogP contribution < -0.4 is 0 Å². The molecular formula is C11H7BrF6O2. The predicted octanol–water partition coefficient (Wildman–Crippen LogP) is 4.14. The Bertz CT molecular complexity index is 451. The van der Waals surface area contributed by atoms with Crippen molar-refractivity contribution < 1.29 is 35.9 Å². The molecule has 0 heterocycles. The Morgan fingerprint density at radius 2 is 1.50 bits per heavy atom. The Morgan fingerprint density at radius 3 is 1.90 bits per heavy atom. The maximum Gasteiger partial charge on any atom is 0.423 e. The summed E-state index contributed by atoms with van der Waals surface area (Å²) in [5, 5.41) is 0. The van der Waals surface area contributed by atoms with E-state index >= 15 is 0 Å². The topological polar surface area (TPSA) is 26.3 Å². The van der Waals surface area contributed by atoms with Gasteiger partial charge in [0, 0.05) is 10.0 Å². The van der Waals surface area contributed by atoms with Crippen LogP contribution in [0.3, 0.4) is 0 Å². The third-order valence-electron chi connectivity index (χ3n) is 2.14. The monoisotopic (exact) mass is 364 g/mol. The van der Waals surface area contributed by atoms with Crippen molar-refractivity contribution in [1.29, 1.82) is 0 Å². The molecule has 1 rings (SSSR count). The highest BCUT2D eigenvalue weighted by Crippen LogP contribution is 2.35. The van der Waals surface area contributed by atoms with Gasteiger partial charge in [0.15, 0.2) is 5.78 Å². The second-order valence-electron chi connectivity index (χ2n) is 3.70. The van der Waals surface area contributed by atoms with Crippen LogP contribution in [0.1, 0.15) is 10.4 Å². The Kier molecular flexibility index (Phi) is 5.20. The largest absolute Gasteiger partial charge is 0.423 e. The zero-order chi connectivity index (χ0) is 15.6. The molecule has 112 valence electrons. The van der Waals surface area contributed by atoms with E-state index in [-0.39, 0.29) is 5.56 Å². The van der Waals surface area contributed by atoms with E-state index in [1.165, 1.54) is 24.3 Å². The number of hydrogen-bond acceptors (Lipinski definition) is 2. The molecule has 0 bridgehead atoms. The number of hydrogen-bond donors (Lipinski definition) is 0. The van der Waals surface area contributed by atoms with E-state index in [1.54, 1.807) is 0 Å². The number of rotatable bonds is 4. The van der Waals surface area contributed by atoms with E-state index in [2.05, 4.69) is 20.7 Å². The van der Waals surface area contributed by atoms with Crippen LogP contribution in [0.5, 0.6) is 0 Å². The fourth-order valence-electron chi connectivity index (χ4n) is 1.25. The fraction of sp³-hybridized carbons (Fsp3) is 0.364. The van der Waals surface area contributed by atoms with Gasteiger partial charge in [0.05, 0.1) is 0 Å². The highest BCUT2D eigenvalue weighted by atomic mass is 79.9. The molecule has 0 radical (unpaired) electrons. The first kappa shape index (κ1) is 17.0. The molecule has 0 N–H and O–H groups in total. The van der Waals surface area contributed by atoms with Gasteiger partial charge in [-0.2, -0.15) is 26.3 Å². The Morgan fingerprint density at radius 1 is 1.05 bits per heavy atom. The van der Waals surface area contributed by atoms with Crippen LogP contribution >= 0.6 is 15.9 Å². The molecule has 0 aromatic heterocycles. The molecule has 2 nitrogen and oxygen atoms in total. The SMILES string of the molecule is O=C(COC(C(F)(F)F)C(F)(F)F)c1ccc(Br)cc1. The van der Waals surface area contributed by atoms with Gasteiger partial charge in [-0.3, -0.25) is 4.79 Å². The molecule has 0 unspecified atom stereocenters. The Hall–Kier alpha value is -1.09. The molecule has 0 saturated heterocycles. The minimum absolute atomic E-state index is 0.0451. The summed E-state index contributed by atoms with van der Waals surface area (Å²) in [4.78, 5) is 11.4. The second-order valence-corrected chi connectivity index (χ2v) is 4.62. The standard InChI is InChI=1S/C11H7BrF6O2/c12-7-3-1-6(2-4-7)8(19)5-20-9(10(13,14)15)11(16,17)18/h1-4,9H,5H2. The van der Waals surface area contributed by atoms with Gasteiger partial charge < -0.3 is 4.74 Å². The van der Waals surface area contributed by atoms with Crippen molar-refractivity contribution in [2.45, 2.75) is 18.5 Å². The number of carbonyl (C=O) groups excluding carboxylic acids is 1. The van der Waals surface area contributed by atoms with Crippen LogP contribution in [-0.2, 0) is 4.74 Å². The maximum absolute atomic E-state index is 12.2. The molecule has 0 saturated carbocycles. The number of halogens is 7. The van der Waals surface area contributed by atoms with E-state index in [0.717, 1.165) is 0 Å². The van der Waals surface area contributed by atoms with Crippen LogP contribution in [0, 0.1) is 0 Å². The third-order valence-corrected chi connectivity index (χ3v) is 2.67. The number of alkyl halides is 6. The van der Waals surface area contributed by atoms with Gasteiger partial charge in [0.2, 0.25) is 6.10 Å². The van der Waals surface area contributed by atoms with Crippen LogP contribution in [0.4, 0.5) is 26.3 Å². The average Bonchev–Trinajstić information content (AvgIpc) is 2.26. The van der Waals surface area contributed by atoms with Gasteiger partial charge in [-0.25, -0.2) is 0 Å². The van der Waals surface area contributed by atoms with Crippen molar-refractivity contribution in [1.82, 2.24) is 0 Å². The molecule has 1 aromatic carbocycles. The lowest BCUT2D eigenvalue weighted by molar-refractivity contribution is -0.318. The van der Waals surface area contributed by atoms with E-state index in [4.69, 9.17) is 0 Å². The Labute approximate surface area is 117 Å². The van der Waals surface area contributed by atoms with E-state index < -0.39 is 30.8 Å². The Balaban J connectivity index is 2.73. The molecule has 0 atom stereocenters. The van der Waals surface area contributed by atoms with Gasteiger partial charge in [-0.05, 0) is 12.1 Å². The highest BCUT2D eigenvalue weighted by Gasteiger charge is 2.58. The summed E-state index contributed by atoms with van der Waals surface area (Å²) < 4.78 is 77.3. The second kappa shape index (κ2) is 6.13. The number of Topliss-reactive ketones (excluding diaryl/α,β-unsaturated/α-hetero) is 1. The first-order valence-corrected chi connectivity index (χ1v) is 5.85. The highest BCUT2D eigenvalue weighted by molar-refractivity contribution is 9.10. The van der Waals surface area contributed by atoms with Crippen molar-refractivity contribution in [2.24, 2.45) is 0 Å².